The minimum absolute atomic E-state index is 0.109. The van der Waals surface area contributed by atoms with Crippen molar-refractivity contribution in [2.24, 2.45) is 0 Å². The number of thioether (sulfide) groups is 1. The van der Waals surface area contributed by atoms with Gasteiger partial charge in [0.1, 0.15) is 11.5 Å². The SMILES string of the molecule is COc1cc(/C=C/C(=O)NCCSCc2ccc(C)cc2)cc(OC)c1. The molecule has 0 aliphatic heterocycles. The van der Waals surface area contributed by atoms with Gasteiger partial charge in [-0.15, -0.1) is 0 Å². The van der Waals surface area contributed by atoms with E-state index in [9.17, 15) is 4.79 Å². The lowest BCUT2D eigenvalue weighted by Crippen LogP contribution is -2.23. The molecule has 0 aromatic heterocycles. The number of hydrogen-bond donors (Lipinski definition) is 1. The van der Waals surface area contributed by atoms with Gasteiger partial charge in [-0.2, -0.15) is 11.8 Å². The number of methoxy groups -OCH3 is 2. The molecular formula is C21H25NO3S. The number of ether oxygens (including phenoxy) is 2. The largest absolute Gasteiger partial charge is 0.497 e. The van der Waals surface area contributed by atoms with Crippen molar-refractivity contribution in [3.05, 3.63) is 65.2 Å². The van der Waals surface area contributed by atoms with Crippen LogP contribution in [0.25, 0.3) is 6.08 Å². The molecular weight excluding hydrogens is 346 g/mol. The molecule has 0 aliphatic rings. The molecule has 0 spiro atoms. The third-order valence-corrected chi connectivity index (χ3v) is 4.77. The fourth-order valence-electron chi connectivity index (χ4n) is 2.28. The number of nitrogens with one attached hydrogen (secondary N) is 1. The van der Waals surface area contributed by atoms with Crippen LogP contribution >= 0.6 is 11.8 Å². The van der Waals surface area contributed by atoms with E-state index in [1.807, 2.05) is 12.1 Å². The van der Waals surface area contributed by atoms with E-state index in [4.69, 9.17) is 9.47 Å². The average molecular weight is 372 g/mol. The highest BCUT2D eigenvalue weighted by Crippen LogP contribution is 2.23. The van der Waals surface area contributed by atoms with E-state index in [0.29, 0.717) is 18.0 Å². The molecule has 2 aromatic rings. The Morgan fingerprint density at radius 1 is 1.08 bits per heavy atom. The molecule has 5 heteroatoms. The Balaban J connectivity index is 1.73. The van der Waals surface area contributed by atoms with Crippen molar-refractivity contribution >= 4 is 23.7 Å². The maximum absolute atomic E-state index is 11.9. The van der Waals surface area contributed by atoms with Gasteiger partial charge in [-0.3, -0.25) is 4.79 Å². The first kappa shape index (κ1) is 19.9. The van der Waals surface area contributed by atoms with Gasteiger partial charge < -0.3 is 14.8 Å². The van der Waals surface area contributed by atoms with Crippen molar-refractivity contribution in [1.29, 1.82) is 0 Å². The van der Waals surface area contributed by atoms with Crippen molar-refractivity contribution in [2.45, 2.75) is 12.7 Å². The van der Waals surface area contributed by atoms with E-state index in [1.54, 1.807) is 38.1 Å². The maximum Gasteiger partial charge on any atom is 0.244 e. The lowest BCUT2D eigenvalue weighted by atomic mass is 10.2. The molecule has 138 valence electrons. The first-order valence-corrected chi connectivity index (χ1v) is 9.58. The van der Waals surface area contributed by atoms with E-state index in [0.717, 1.165) is 17.1 Å². The summed E-state index contributed by atoms with van der Waals surface area (Å²) in [6, 6.07) is 14.0. The Kier molecular flexibility index (Phi) is 8.09. The van der Waals surface area contributed by atoms with Gasteiger partial charge in [-0.25, -0.2) is 0 Å². The summed E-state index contributed by atoms with van der Waals surface area (Å²) < 4.78 is 10.4. The number of carbonyl (C=O) groups excluding carboxylic acids is 1. The molecule has 0 radical (unpaired) electrons. The van der Waals surface area contributed by atoms with Gasteiger partial charge in [0.25, 0.3) is 0 Å². The normalized spacial score (nSPS) is 10.7. The zero-order valence-corrected chi connectivity index (χ0v) is 16.3. The Hall–Kier alpha value is -2.40. The third kappa shape index (κ3) is 6.84. The number of aryl methyl sites for hydroxylation is 1. The summed E-state index contributed by atoms with van der Waals surface area (Å²) in [4.78, 5) is 11.9. The molecule has 0 heterocycles. The first-order valence-electron chi connectivity index (χ1n) is 8.43. The summed E-state index contributed by atoms with van der Waals surface area (Å²) in [5.41, 5.74) is 3.43. The van der Waals surface area contributed by atoms with Crippen molar-refractivity contribution in [1.82, 2.24) is 5.32 Å². The number of carbonyl (C=O) groups is 1. The molecule has 2 aromatic carbocycles. The summed E-state index contributed by atoms with van der Waals surface area (Å²) >= 11 is 1.81. The fourth-order valence-corrected chi connectivity index (χ4v) is 3.10. The van der Waals surface area contributed by atoms with Crippen molar-refractivity contribution in [2.75, 3.05) is 26.5 Å². The Bertz CT molecular complexity index is 719. The van der Waals surface area contributed by atoms with Gasteiger partial charge in [0, 0.05) is 30.2 Å². The standard InChI is InChI=1S/C21H25NO3S/c1-16-4-6-17(7-5-16)15-26-11-10-22-21(23)9-8-18-12-19(24-2)14-20(13-18)25-3/h4-9,12-14H,10-11,15H2,1-3H3,(H,22,23)/b9-8+. The molecule has 2 rings (SSSR count). The highest BCUT2D eigenvalue weighted by molar-refractivity contribution is 7.98. The average Bonchev–Trinajstić information content (AvgIpc) is 2.67. The highest BCUT2D eigenvalue weighted by Gasteiger charge is 2.01. The van der Waals surface area contributed by atoms with Crippen molar-refractivity contribution in [3.63, 3.8) is 0 Å². The molecule has 0 saturated heterocycles. The van der Waals surface area contributed by atoms with Crippen LogP contribution in [0.5, 0.6) is 11.5 Å². The monoisotopic (exact) mass is 371 g/mol. The molecule has 0 atom stereocenters. The van der Waals surface area contributed by atoms with Gasteiger partial charge in [0.2, 0.25) is 5.91 Å². The van der Waals surface area contributed by atoms with Crippen LogP contribution in [0.15, 0.2) is 48.5 Å². The topological polar surface area (TPSA) is 47.6 Å². The van der Waals surface area contributed by atoms with Crippen LogP contribution in [0.2, 0.25) is 0 Å². The quantitative estimate of drug-likeness (QED) is 0.533. The van der Waals surface area contributed by atoms with Gasteiger partial charge >= 0.3 is 0 Å². The Labute approximate surface area is 159 Å². The number of benzene rings is 2. The van der Waals surface area contributed by atoms with E-state index in [2.05, 4.69) is 36.5 Å². The van der Waals surface area contributed by atoms with Gasteiger partial charge in [-0.1, -0.05) is 29.8 Å². The molecule has 1 N–H and O–H groups in total. The molecule has 1 amide bonds. The third-order valence-electron chi connectivity index (χ3n) is 3.74. The number of rotatable bonds is 9. The summed E-state index contributed by atoms with van der Waals surface area (Å²) in [6.07, 6.45) is 3.28. The fraction of sp³-hybridized carbons (Fsp3) is 0.286. The van der Waals surface area contributed by atoms with Crippen LogP contribution in [-0.2, 0) is 10.5 Å². The van der Waals surface area contributed by atoms with Crippen molar-refractivity contribution in [3.8, 4) is 11.5 Å². The lowest BCUT2D eigenvalue weighted by molar-refractivity contribution is -0.116. The van der Waals surface area contributed by atoms with Crippen LogP contribution < -0.4 is 14.8 Å². The summed E-state index contributed by atoms with van der Waals surface area (Å²) in [5.74, 6) is 3.10. The van der Waals surface area contributed by atoms with Gasteiger partial charge in [0.05, 0.1) is 14.2 Å². The Morgan fingerprint density at radius 3 is 2.35 bits per heavy atom. The number of amides is 1. The zero-order valence-electron chi connectivity index (χ0n) is 15.5. The van der Waals surface area contributed by atoms with E-state index >= 15 is 0 Å². The van der Waals surface area contributed by atoms with Crippen LogP contribution in [0.3, 0.4) is 0 Å². The molecule has 0 bridgehead atoms. The van der Waals surface area contributed by atoms with Crippen molar-refractivity contribution < 1.29 is 14.3 Å². The second kappa shape index (κ2) is 10.6. The van der Waals surface area contributed by atoms with E-state index in [1.165, 1.54) is 17.2 Å². The van der Waals surface area contributed by atoms with Gasteiger partial charge in [0.15, 0.2) is 0 Å². The second-order valence-corrected chi connectivity index (χ2v) is 6.91. The summed E-state index contributed by atoms with van der Waals surface area (Å²) in [5, 5.41) is 2.90. The van der Waals surface area contributed by atoms with Crippen LogP contribution in [0.1, 0.15) is 16.7 Å². The van der Waals surface area contributed by atoms with Gasteiger partial charge in [-0.05, 0) is 36.3 Å². The maximum atomic E-state index is 11.9. The smallest absolute Gasteiger partial charge is 0.244 e. The predicted molar refractivity (Wildman–Crippen MR) is 109 cm³/mol. The summed E-state index contributed by atoms with van der Waals surface area (Å²) in [6.45, 7) is 2.72. The van der Waals surface area contributed by atoms with E-state index in [-0.39, 0.29) is 5.91 Å². The minimum Gasteiger partial charge on any atom is -0.497 e. The van der Waals surface area contributed by atoms with E-state index < -0.39 is 0 Å². The predicted octanol–water partition coefficient (Wildman–Crippen LogP) is 4.08. The Morgan fingerprint density at radius 2 is 1.73 bits per heavy atom. The molecule has 26 heavy (non-hydrogen) atoms. The lowest BCUT2D eigenvalue weighted by Gasteiger charge is -2.06. The van der Waals surface area contributed by atoms with Crippen LogP contribution in [-0.4, -0.2) is 32.4 Å². The molecule has 0 saturated carbocycles. The zero-order chi connectivity index (χ0) is 18.8. The highest BCUT2D eigenvalue weighted by atomic mass is 32.2. The minimum atomic E-state index is -0.109. The summed E-state index contributed by atoms with van der Waals surface area (Å²) in [7, 11) is 3.20. The molecule has 4 nitrogen and oxygen atoms in total. The molecule has 0 aliphatic carbocycles. The molecule has 0 fully saturated rings. The van der Waals surface area contributed by atoms with Crippen LogP contribution in [0, 0.1) is 6.92 Å². The first-order chi connectivity index (χ1) is 12.6. The van der Waals surface area contributed by atoms with Crippen LogP contribution in [0.4, 0.5) is 0 Å². The molecule has 0 unspecified atom stereocenters. The second-order valence-electron chi connectivity index (χ2n) is 5.81. The number of hydrogen-bond acceptors (Lipinski definition) is 4.